The highest BCUT2D eigenvalue weighted by Crippen LogP contribution is 2.15. The van der Waals surface area contributed by atoms with Crippen LogP contribution >= 0.6 is 0 Å². The number of hydrogen-bond acceptors (Lipinski definition) is 2. The fourth-order valence-corrected chi connectivity index (χ4v) is 5.47. The van der Waals surface area contributed by atoms with Gasteiger partial charge in [0, 0.05) is 0 Å². The van der Waals surface area contributed by atoms with E-state index in [4.69, 9.17) is 9.16 Å². The van der Waals surface area contributed by atoms with Gasteiger partial charge in [0.05, 0.1) is 13.2 Å². The molecule has 0 amide bonds. The molecule has 1 unspecified atom stereocenters. The Morgan fingerprint density at radius 3 is 1.95 bits per heavy atom. The Balaban J connectivity index is 2.02. The zero-order valence-electron chi connectivity index (χ0n) is 11.4. The first kappa shape index (κ1) is 13.3. The van der Waals surface area contributed by atoms with Gasteiger partial charge in [0.15, 0.2) is 0 Å². The molecule has 2 aromatic rings. The maximum atomic E-state index is 6.37. The van der Waals surface area contributed by atoms with Crippen LogP contribution in [0.5, 0.6) is 0 Å². The van der Waals surface area contributed by atoms with Crippen molar-refractivity contribution >= 4 is 18.7 Å². The third kappa shape index (κ3) is 2.61. The fourth-order valence-electron chi connectivity index (χ4n) is 2.39. The SMILES string of the molecule is C=C[Si](OCC1CO1)(c1ccccc1)c1ccccc1. The Hall–Kier alpha value is -1.68. The number of rotatable bonds is 6. The Morgan fingerprint density at radius 1 is 1.05 bits per heavy atom. The second kappa shape index (κ2) is 5.75. The lowest BCUT2D eigenvalue weighted by Gasteiger charge is -2.29. The summed E-state index contributed by atoms with van der Waals surface area (Å²) in [5.74, 6) is 0. The van der Waals surface area contributed by atoms with Gasteiger partial charge in [-0.25, -0.2) is 0 Å². The van der Waals surface area contributed by atoms with E-state index in [0.29, 0.717) is 6.61 Å². The van der Waals surface area contributed by atoms with E-state index >= 15 is 0 Å². The van der Waals surface area contributed by atoms with Crippen LogP contribution in [0.3, 0.4) is 0 Å². The zero-order chi connectivity index (χ0) is 13.8. The molecule has 2 nitrogen and oxygen atoms in total. The van der Waals surface area contributed by atoms with Crippen molar-refractivity contribution in [1.82, 2.24) is 0 Å². The minimum absolute atomic E-state index is 0.259. The van der Waals surface area contributed by atoms with Crippen molar-refractivity contribution in [1.29, 1.82) is 0 Å². The minimum atomic E-state index is -2.36. The molecule has 0 aromatic heterocycles. The molecule has 0 N–H and O–H groups in total. The van der Waals surface area contributed by atoms with Crippen LogP contribution in [-0.4, -0.2) is 27.6 Å². The quantitative estimate of drug-likeness (QED) is 0.596. The summed E-state index contributed by atoms with van der Waals surface area (Å²) in [5, 5.41) is 2.45. The molecule has 0 aliphatic carbocycles. The van der Waals surface area contributed by atoms with E-state index in [1.54, 1.807) is 0 Å². The van der Waals surface area contributed by atoms with Crippen molar-refractivity contribution < 1.29 is 9.16 Å². The monoisotopic (exact) mass is 282 g/mol. The van der Waals surface area contributed by atoms with Crippen LogP contribution < -0.4 is 10.4 Å². The molecule has 1 heterocycles. The Labute approximate surface area is 120 Å². The summed E-state index contributed by atoms with van der Waals surface area (Å²) in [6.07, 6.45) is 0.259. The van der Waals surface area contributed by atoms with Crippen LogP contribution in [0.25, 0.3) is 0 Å². The van der Waals surface area contributed by atoms with Crippen LogP contribution in [-0.2, 0) is 9.16 Å². The van der Waals surface area contributed by atoms with Gasteiger partial charge in [-0.15, -0.1) is 6.58 Å². The van der Waals surface area contributed by atoms with Crippen LogP contribution in [0.15, 0.2) is 72.9 Å². The van der Waals surface area contributed by atoms with Crippen molar-refractivity contribution in [2.24, 2.45) is 0 Å². The normalized spacial score (nSPS) is 17.7. The molecule has 0 bridgehead atoms. The van der Waals surface area contributed by atoms with E-state index in [2.05, 4.69) is 55.1 Å². The molecule has 3 rings (SSSR count). The van der Waals surface area contributed by atoms with Crippen molar-refractivity contribution in [3.63, 3.8) is 0 Å². The predicted molar refractivity (Wildman–Crippen MR) is 83.8 cm³/mol. The molecule has 0 saturated carbocycles. The number of ether oxygens (including phenoxy) is 1. The molecular weight excluding hydrogens is 264 g/mol. The van der Waals surface area contributed by atoms with Crippen LogP contribution in [0, 0.1) is 0 Å². The molecule has 2 aromatic carbocycles. The Bertz CT molecular complexity index is 525. The summed E-state index contributed by atoms with van der Waals surface area (Å²) < 4.78 is 11.7. The molecular formula is C17H18O2Si. The summed E-state index contributed by atoms with van der Waals surface area (Å²) in [7, 11) is -2.36. The second-order valence-electron chi connectivity index (χ2n) is 4.94. The molecule has 1 atom stereocenters. The topological polar surface area (TPSA) is 21.8 Å². The Morgan fingerprint density at radius 2 is 1.55 bits per heavy atom. The van der Waals surface area contributed by atoms with E-state index in [1.165, 1.54) is 10.4 Å². The van der Waals surface area contributed by atoms with Gasteiger partial charge in [-0.1, -0.05) is 66.4 Å². The van der Waals surface area contributed by atoms with Gasteiger partial charge < -0.3 is 9.16 Å². The van der Waals surface area contributed by atoms with Gasteiger partial charge in [0.1, 0.15) is 6.10 Å². The maximum Gasteiger partial charge on any atom is 0.280 e. The number of epoxide rings is 1. The highest BCUT2D eigenvalue weighted by molar-refractivity contribution is 7.01. The zero-order valence-corrected chi connectivity index (χ0v) is 12.4. The van der Waals surface area contributed by atoms with Crippen molar-refractivity contribution in [3.05, 3.63) is 72.9 Å². The average molecular weight is 282 g/mol. The van der Waals surface area contributed by atoms with Crippen molar-refractivity contribution in [2.75, 3.05) is 13.2 Å². The molecule has 1 aliphatic rings. The smallest absolute Gasteiger partial charge is 0.280 e. The molecule has 1 aliphatic heterocycles. The lowest BCUT2D eigenvalue weighted by Crippen LogP contribution is -2.60. The van der Waals surface area contributed by atoms with E-state index in [0.717, 1.165) is 6.61 Å². The standard InChI is InChI=1S/C17H18O2Si/c1-2-20(19-14-15-13-18-15,16-9-5-3-6-10-16)17-11-7-4-8-12-17/h2-12,15H,1,13-14H2. The van der Waals surface area contributed by atoms with Gasteiger partial charge in [-0.2, -0.15) is 0 Å². The lowest BCUT2D eigenvalue weighted by molar-refractivity contribution is 0.265. The molecule has 20 heavy (non-hydrogen) atoms. The molecule has 1 fully saturated rings. The molecule has 0 spiro atoms. The number of benzene rings is 2. The van der Waals surface area contributed by atoms with E-state index in [1.807, 2.05) is 17.8 Å². The lowest BCUT2D eigenvalue weighted by atomic mass is 10.4. The molecule has 102 valence electrons. The predicted octanol–water partition coefficient (Wildman–Crippen LogP) is 1.89. The van der Waals surface area contributed by atoms with Gasteiger partial charge in [0.25, 0.3) is 8.32 Å². The summed E-state index contributed by atoms with van der Waals surface area (Å²) >= 11 is 0. The highest BCUT2D eigenvalue weighted by Gasteiger charge is 2.38. The number of hydrogen-bond donors (Lipinski definition) is 0. The van der Waals surface area contributed by atoms with Crippen molar-refractivity contribution in [2.45, 2.75) is 6.10 Å². The van der Waals surface area contributed by atoms with E-state index in [9.17, 15) is 0 Å². The third-order valence-electron chi connectivity index (χ3n) is 3.59. The van der Waals surface area contributed by atoms with E-state index in [-0.39, 0.29) is 6.10 Å². The fraction of sp³-hybridized carbons (Fsp3) is 0.176. The van der Waals surface area contributed by atoms with Crippen molar-refractivity contribution in [3.8, 4) is 0 Å². The van der Waals surface area contributed by atoms with Gasteiger partial charge in [-0.3, -0.25) is 0 Å². The summed E-state index contributed by atoms with van der Waals surface area (Å²) in [4.78, 5) is 0. The van der Waals surface area contributed by atoms with E-state index < -0.39 is 8.32 Å². The molecule has 1 saturated heterocycles. The second-order valence-corrected chi connectivity index (χ2v) is 8.26. The Kier molecular flexibility index (Phi) is 3.83. The van der Waals surface area contributed by atoms with Crippen LogP contribution in [0.4, 0.5) is 0 Å². The highest BCUT2D eigenvalue weighted by atomic mass is 28.4. The summed E-state index contributed by atoms with van der Waals surface area (Å²) in [6, 6.07) is 20.8. The molecule has 3 heteroatoms. The molecule has 0 radical (unpaired) electrons. The minimum Gasteiger partial charge on any atom is -0.402 e. The average Bonchev–Trinajstić information content (AvgIpc) is 3.35. The third-order valence-corrected chi connectivity index (χ3v) is 7.17. The maximum absolute atomic E-state index is 6.37. The van der Waals surface area contributed by atoms with Gasteiger partial charge in [0.2, 0.25) is 0 Å². The van der Waals surface area contributed by atoms with Gasteiger partial charge >= 0.3 is 0 Å². The van der Waals surface area contributed by atoms with Crippen LogP contribution in [0.1, 0.15) is 0 Å². The van der Waals surface area contributed by atoms with Crippen LogP contribution in [0.2, 0.25) is 0 Å². The van der Waals surface area contributed by atoms with Gasteiger partial charge in [-0.05, 0) is 10.4 Å². The first-order chi connectivity index (χ1) is 9.85. The summed E-state index contributed by atoms with van der Waals surface area (Å²) in [5.41, 5.74) is 2.01. The first-order valence-corrected chi connectivity index (χ1v) is 8.84. The largest absolute Gasteiger partial charge is 0.402 e. The first-order valence-electron chi connectivity index (χ1n) is 6.85. The summed E-state index contributed by atoms with van der Waals surface area (Å²) in [6.45, 7) is 5.53.